The largest absolute Gasteiger partial charge is 0.399 e. The van der Waals surface area contributed by atoms with E-state index in [-0.39, 0.29) is 0 Å². The molecule has 0 amide bonds. The monoisotopic (exact) mass is 230 g/mol. The molecule has 90 valence electrons. The first-order valence-electron chi connectivity index (χ1n) is 5.81. The average molecular weight is 230 g/mol. The lowest BCUT2D eigenvalue weighted by Gasteiger charge is -2.10. The van der Waals surface area contributed by atoms with Crippen LogP contribution in [-0.4, -0.2) is 16.1 Å². The van der Waals surface area contributed by atoms with Crippen molar-refractivity contribution in [1.29, 1.82) is 0 Å². The van der Waals surface area contributed by atoms with Crippen LogP contribution in [-0.2, 0) is 6.54 Å². The molecule has 1 aromatic heterocycles. The maximum absolute atomic E-state index is 5.71. The second-order valence-electron chi connectivity index (χ2n) is 4.16. The molecule has 0 saturated heterocycles. The Morgan fingerprint density at radius 1 is 1.41 bits per heavy atom. The molecule has 0 saturated carbocycles. The van der Waals surface area contributed by atoms with Crippen molar-refractivity contribution < 1.29 is 0 Å². The summed E-state index contributed by atoms with van der Waals surface area (Å²) < 4.78 is 2.08. The minimum atomic E-state index is 0.812. The van der Waals surface area contributed by atoms with Crippen molar-refractivity contribution >= 4 is 11.4 Å². The summed E-state index contributed by atoms with van der Waals surface area (Å²) >= 11 is 0. The summed E-state index contributed by atoms with van der Waals surface area (Å²) in [4.78, 5) is 4.01. The molecule has 17 heavy (non-hydrogen) atoms. The summed E-state index contributed by atoms with van der Waals surface area (Å²) in [6, 6.07) is 5.94. The van der Waals surface area contributed by atoms with Crippen molar-refractivity contribution in [3.8, 4) is 0 Å². The van der Waals surface area contributed by atoms with E-state index in [1.165, 1.54) is 5.56 Å². The smallest absolute Gasteiger partial charge is 0.0945 e. The number of hydrogen-bond donors (Lipinski definition) is 2. The van der Waals surface area contributed by atoms with Crippen LogP contribution >= 0.6 is 0 Å². The minimum Gasteiger partial charge on any atom is -0.399 e. The minimum absolute atomic E-state index is 0.812. The Kier molecular flexibility index (Phi) is 3.65. The molecule has 4 heteroatoms. The highest BCUT2D eigenvalue weighted by Crippen LogP contribution is 2.17. The third kappa shape index (κ3) is 3.24. The standard InChI is InChI=1S/C13H18N4/c1-11-9-12(14)3-4-13(11)16-5-2-7-17-8-6-15-10-17/h3-4,6,8-10,16H,2,5,7,14H2,1H3. The molecule has 0 radical (unpaired) electrons. The number of nitrogens with zero attached hydrogens (tertiary/aromatic N) is 2. The highest BCUT2D eigenvalue weighted by Gasteiger charge is 1.97. The number of nitrogen functional groups attached to an aromatic ring is 1. The topological polar surface area (TPSA) is 55.9 Å². The molecule has 0 bridgehead atoms. The normalized spacial score (nSPS) is 10.4. The van der Waals surface area contributed by atoms with Crippen molar-refractivity contribution in [2.75, 3.05) is 17.6 Å². The van der Waals surface area contributed by atoms with E-state index in [1.54, 1.807) is 6.20 Å². The molecule has 0 aliphatic carbocycles. The maximum Gasteiger partial charge on any atom is 0.0945 e. The zero-order valence-electron chi connectivity index (χ0n) is 10.1. The predicted molar refractivity (Wildman–Crippen MR) is 70.9 cm³/mol. The molecule has 1 aromatic carbocycles. The molecule has 1 heterocycles. The third-order valence-electron chi connectivity index (χ3n) is 2.72. The third-order valence-corrected chi connectivity index (χ3v) is 2.72. The predicted octanol–water partition coefficient (Wildman–Crippen LogP) is 2.28. The molecule has 2 aromatic rings. The summed E-state index contributed by atoms with van der Waals surface area (Å²) in [6.45, 7) is 4.00. The second-order valence-corrected chi connectivity index (χ2v) is 4.16. The molecular formula is C13H18N4. The van der Waals surface area contributed by atoms with E-state index in [2.05, 4.69) is 21.8 Å². The molecule has 0 aliphatic heterocycles. The molecular weight excluding hydrogens is 212 g/mol. The van der Waals surface area contributed by atoms with Gasteiger partial charge in [0.05, 0.1) is 6.33 Å². The van der Waals surface area contributed by atoms with Gasteiger partial charge in [-0.05, 0) is 37.1 Å². The Labute approximate surface area is 101 Å². The zero-order valence-corrected chi connectivity index (χ0v) is 10.1. The summed E-state index contributed by atoms with van der Waals surface area (Å²) in [7, 11) is 0. The fraction of sp³-hybridized carbons (Fsp3) is 0.308. The lowest BCUT2D eigenvalue weighted by Crippen LogP contribution is -2.06. The van der Waals surface area contributed by atoms with Crippen molar-refractivity contribution in [1.82, 2.24) is 9.55 Å². The second kappa shape index (κ2) is 5.39. The van der Waals surface area contributed by atoms with E-state index >= 15 is 0 Å². The first-order valence-corrected chi connectivity index (χ1v) is 5.81. The quantitative estimate of drug-likeness (QED) is 0.612. The van der Waals surface area contributed by atoms with Crippen LogP contribution in [0.15, 0.2) is 36.9 Å². The van der Waals surface area contributed by atoms with Crippen LogP contribution in [0.4, 0.5) is 11.4 Å². The first-order chi connectivity index (χ1) is 8.25. The van der Waals surface area contributed by atoms with E-state index in [0.717, 1.165) is 30.9 Å². The molecule has 4 nitrogen and oxygen atoms in total. The fourth-order valence-electron chi connectivity index (χ4n) is 1.79. The lowest BCUT2D eigenvalue weighted by molar-refractivity contribution is 0.660. The molecule has 0 fully saturated rings. The van der Waals surface area contributed by atoms with Crippen molar-refractivity contribution in [3.05, 3.63) is 42.5 Å². The number of anilines is 2. The lowest BCUT2D eigenvalue weighted by atomic mass is 10.2. The number of hydrogen-bond acceptors (Lipinski definition) is 3. The van der Waals surface area contributed by atoms with Crippen LogP contribution in [0.1, 0.15) is 12.0 Å². The van der Waals surface area contributed by atoms with Gasteiger partial charge in [0.1, 0.15) is 0 Å². The van der Waals surface area contributed by atoms with Gasteiger partial charge in [0.15, 0.2) is 0 Å². The van der Waals surface area contributed by atoms with Gasteiger partial charge in [-0.15, -0.1) is 0 Å². The van der Waals surface area contributed by atoms with Gasteiger partial charge >= 0.3 is 0 Å². The van der Waals surface area contributed by atoms with Gasteiger partial charge in [-0.25, -0.2) is 4.98 Å². The number of aromatic nitrogens is 2. The van der Waals surface area contributed by atoms with Gasteiger partial charge in [0, 0.05) is 36.9 Å². The molecule has 0 aliphatic rings. The van der Waals surface area contributed by atoms with E-state index in [0.29, 0.717) is 0 Å². The summed E-state index contributed by atoms with van der Waals surface area (Å²) in [5.74, 6) is 0. The van der Waals surface area contributed by atoms with Crippen LogP contribution in [0.3, 0.4) is 0 Å². The number of imidazole rings is 1. The molecule has 2 rings (SSSR count). The maximum atomic E-state index is 5.71. The van der Waals surface area contributed by atoms with Crippen LogP contribution < -0.4 is 11.1 Å². The van der Waals surface area contributed by atoms with Gasteiger partial charge in [-0.3, -0.25) is 0 Å². The van der Waals surface area contributed by atoms with Crippen LogP contribution in [0, 0.1) is 6.92 Å². The van der Waals surface area contributed by atoms with Crippen molar-refractivity contribution in [3.63, 3.8) is 0 Å². The van der Waals surface area contributed by atoms with Gasteiger partial charge in [0.25, 0.3) is 0 Å². The van der Waals surface area contributed by atoms with Crippen molar-refractivity contribution in [2.24, 2.45) is 0 Å². The summed E-state index contributed by atoms with van der Waals surface area (Å²) in [6.07, 6.45) is 6.70. The molecule has 0 atom stereocenters. The van der Waals surface area contributed by atoms with Crippen LogP contribution in [0.25, 0.3) is 0 Å². The average Bonchev–Trinajstić information content (AvgIpc) is 2.79. The Morgan fingerprint density at radius 3 is 3.00 bits per heavy atom. The highest BCUT2D eigenvalue weighted by atomic mass is 15.0. The number of nitrogens with one attached hydrogen (secondary N) is 1. The zero-order chi connectivity index (χ0) is 12.1. The fourth-order valence-corrected chi connectivity index (χ4v) is 1.79. The van der Waals surface area contributed by atoms with Crippen LogP contribution in [0.2, 0.25) is 0 Å². The summed E-state index contributed by atoms with van der Waals surface area (Å²) in [5, 5.41) is 3.41. The number of rotatable bonds is 5. The van der Waals surface area contributed by atoms with E-state index in [4.69, 9.17) is 5.73 Å². The number of aryl methyl sites for hydroxylation is 2. The van der Waals surface area contributed by atoms with Gasteiger partial charge < -0.3 is 15.6 Å². The van der Waals surface area contributed by atoms with E-state index < -0.39 is 0 Å². The number of benzene rings is 1. The Morgan fingerprint density at radius 2 is 2.29 bits per heavy atom. The van der Waals surface area contributed by atoms with Crippen molar-refractivity contribution in [2.45, 2.75) is 19.9 Å². The number of nitrogens with two attached hydrogens (primary N) is 1. The SMILES string of the molecule is Cc1cc(N)ccc1NCCCn1ccnc1. The first kappa shape index (κ1) is 11.5. The van der Waals surface area contributed by atoms with Gasteiger partial charge in [-0.1, -0.05) is 0 Å². The van der Waals surface area contributed by atoms with E-state index in [9.17, 15) is 0 Å². The summed E-state index contributed by atoms with van der Waals surface area (Å²) in [5.41, 5.74) is 8.86. The molecule has 0 spiro atoms. The Bertz CT molecular complexity index is 462. The van der Waals surface area contributed by atoms with Gasteiger partial charge in [-0.2, -0.15) is 0 Å². The molecule has 3 N–H and O–H groups in total. The Balaban J connectivity index is 1.78. The highest BCUT2D eigenvalue weighted by molar-refractivity contribution is 5.57. The van der Waals surface area contributed by atoms with Crippen LogP contribution in [0.5, 0.6) is 0 Å². The Hall–Kier alpha value is -1.97. The van der Waals surface area contributed by atoms with E-state index in [1.807, 2.05) is 30.7 Å². The van der Waals surface area contributed by atoms with Gasteiger partial charge in [0.2, 0.25) is 0 Å². The molecule has 0 unspecified atom stereocenters.